The lowest BCUT2D eigenvalue weighted by molar-refractivity contribution is -0.257. The largest absolute Gasteiger partial charge is 0.486 e. The van der Waals surface area contributed by atoms with Gasteiger partial charge in [0.05, 0.1) is 40.1 Å². The average Bonchev–Trinajstić information content (AvgIpc) is 2.82. The molecular formula is C26H30ClF4NO7S2. The van der Waals surface area contributed by atoms with Crippen LogP contribution in [-0.2, 0) is 35.8 Å². The van der Waals surface area contributed by atoms with Crippen molar-refractivity contribution in [2.45, 2.75) is 63.3 Å². The van der Waals surface area contributed by atoms with E-state index in [0.29, 0.717) is 13.8 Å². The van der Waals surface area contributed by atoms with Crippen LogP contribution in [0.15, 0.2) is 41.3 Å². The third-order valence-corrected chi connectivity index (χ3v) is 10.3. The Kier molecular flexibility index (Phi) is 9.61. The molecule has 228 valence electrons. The van der Waals surface area contributed by atoms with E-state index in [0.717, 1.165) is 22.5 Å². The Morgan fingerprint density at radius 1 is 1.12 bits per heavy atom. The van der Waals surface area contributed by atoms with Gasteiger partial charge in [0.15, 0.2) is 9.84 Å². The van der Waals surface area contributed by atoms with Gasteiger partial charge in [0, 0.05) is 0 Å². The van der Waals surface area contributed by atoms with Gasteiger partial charge < -0.3 is 9.47 Å². The number of hydrogen-bond donors (Lipinski definition) is 0. The Labute approximate surface area is 241 Å². The number of carbonyl (C=O) groups excluding carboxylic acids is 1. The number of hydrogen-bond acceptors (Lipinski definition) is 7. The van der Waals surface area contributed by atoms with Crippen LogP contribution >= 0.6 is 11.6 Å². The number of fused-ring (bicyclic) bond motifs is 1. The number of ether oxygens (including phenoxy) is 2. The zero-order chi connectivity index (χ0) is 31.0. The van der Waals surface area contributed by atoms with Gasteiger partial charge in [0.25, 0.3) is 10.0 Å². The van der Waals surface area contributed by atoms with Gasteiger partial charge >= 0.3 is 12.1 Å². The number of esters is 1. The van der Waals surface area contributed by atoms with Crippen LogP contribution in [0.1, 0.15) is 39.7 Å². The number of sulfonamides is 1. The molecule has 1 aliphatic heterocycles. The highest BCUT2D eigenvalue weighted by Gasteiger charge is 2.50. The first-order valence-electron chi connectivity index (χ1n) is 12.5. The number of alkyl halides is 3. The number of nitrogens with zero attached hydrogens (tertiary/aromatic N) is 1. The van der Waals surface area contributed by atoms with Gasteiger partial charge in [-0.1, -0.05) is 31.5 Å². The molecular weight excluding hydrogens is 614 g/mol. The lowest BCUT2D eigenvalue weighted by Gasteiger charge is -2.36. The second kappa shape index (κ2) is 12.0. The van der Waals surface area contributed by atoms with Gasteiger partial charge in [-0.05, 0) is 62.1 Å². The molecule has 1 heterocycles. The van der Waals surface area contributed by atoms with Crippen LogP contribution in [0.2, 0.25) is 5.02 Å². The maximum Gasteiger partial charge on any atom is 0.427 e. The van der Waals surface area contributed by atoms with Crippen molar-refractivity contribution >= 4 is 43.1 Å². The molecule has 0 saturated carbocycles. The molecule has 0 bridgehead atoms. The van der Waals surface area contributed by atoms with Gasteiger partial charge in [0.2, 0.25) is 5.60 Å². The zero-order valence-electron chi connectivity index (χ0n) is 22.7. The van der Waals surface area contributed by atoms with Crippen LogP contribution in [0, 0.1) is 11.7 Å². The van der Waals surface area contributed by atoms with Crippen molar-refractivity contribution in [1.82, 2.24) is 0 Å². The number of carbonyl (C=O) groups is 1. The van der Waals surface area contributed by atoms with Gasteiger partial charge in [-0.2, -0.15) is 13.2 Å². The van der Waals surface area contributed by atoms with Crippen molar-refractivity contribution < 1.29 is 48.7 Å². The summed E-state index contributed by atoms with van der Waals surface area (Å²) in [5, 5.41) is -0.445. The first kappa shape index (κ1) is 32.9. The van der Waals surface area contributed by atoms with E-state index in [2.05, 4.69) is 4.74 Å². The fourth-order valence-electron chi connectivity index (χ4n) is 4.06. The molecule has 41 heavy (non-hydrogen) atoms. The Bertz CT molecular complexity index is 1510. The predicted molar refractivity (Wildman–Crippen MR) is 145 cm³/mol. The second-order valence-corrected chi connectivity index (χ2v) is 15.1. The van der Waals surface area contributed by atoms with E-state index >= 15 is 0 Å². The summed E-state index contributed by atoms with van der Waals surface area (Å²) < 4.78 is 117. The summed E-state index contributed by atoms with van der Waals surface area (Å²) in [5.74, 6) is -2.44. The summed E-state index contributed by atoms with van der Waals surface area (Å²) in [6, 6.07) is 6.75. The minimum atomic E-state index is -4.81. The van der Waals surface area contributed by atoms with Gasteiger partial charge in [-0.15, -0.1) is 0 Å². The molecule has 2 aromatic carbocycles. The number of halogens is 5. The molecule has 0 spiro atoms. The quantitative estimate of drug-likeness (QED) is 0.255. The second-order valence-electron chi connectivity index (χ2n) is 10.6. The third-order valence-electron chi connectivity index (χ3n) is 6.17. The first-order chi connectivity index (χ1) is 18.7. The monoisotopic (exact) mass is 643 g/mol. The normalized spacial score (nSPS) is 16.3. The maximum absolute atomic E-state index is 13.8. The summed E-state index contributed by atoms with van der Waals surface area (Å²) in [5.41, 5.74) is -2.67. The SMILES string of the molecule is CC(C)CS(=O)(=O)CC[C@H]1CN(S(=O)(=O)c2ccc(F)c(Cl)c2)c2cc(CC(=O)OC(C)(C)C(F)(F)F)ccc2O1. The van der Waals surface area contributed by atoms with Crippen LogP contribution in [0.25, 0.3) is 0 Å². The van der Waals surface area contributed by atoms with Gasteiger partial charge in [-0.3, -0.25) is 9.10 Å². The molecule has 0 unspecified atom stereocenters. The third kappa shape index (κ3) is 8.04. The number of anilines is 1. The summed E-state index contributed by atoms with van der Waals surface area (Å²) in [4.78, 5) is 12.0. The Morgan fingerprint density at radius 2 is 1.78 bits per heavy atom. The summed E-state index contributed by atoms with van der Waals surface area (Å²) in [6.07, 6.45) is -6.35. The predicted octanol–water partition coefficient (Wildman–Crippen LogP) is 5.32. The van der Waals surface area contributed by atoms with Crippen molar-refractivity contribution in [2.24, 2.45) is 5.92 Å². The fraction of sp³-hybridized carbons (Fsp3) is 0.500. The van der Waals surface area contributed by atoms with Crippen LogP contribution < -0.4 is 9.04 Å². The minimum Gasteiger partial charge on any atom is -0.486 e. The molecule has 0 N–H and O–H groups in total. The highest BCUT2D eigenvalue weighted by Crippen LogP contribution is 2.39. The fourth-order valence-corrected chi connectivity index (χ4v) is 7.63. The summed E-state index contributed by atoms with van der Waals surface area (Å²) in [7, 11) is -7.88. The van der Waals surface area contributed by atoms with E-state index in [1.165, 1.54) is 18.2 Å². The lowest BCUT2D eigenvalue weighted by Crippen LogP contribution is -2.44. The molecule has 0 amide bonds. The first-order valence-corrected chi connectivity index (χ1v) is 16.1. The highest BCUT2D eigenvalue weighted by atomic mass is 35.5. The number of sulfone groups is 1. The Balaban J connectivity index is 1.97. The standard InChI is InChI=1S/C26H30ClF4NO7S2/c1-16(2)15-40(34,35)10-9-18-14-32(41(36,37)19-6-7-21(28)20(27)13-19)22-11-17(5-8-23(22)38-18)12-24(33)39-25(3,4)26(29,30)31/h5-8,11,13,16,18H,9-10,12,14-15H2,1-4H3/t18-/m0/s1. The van der Waals surface area contributed by atoms with E-state index in [-0.39, 0.29) is 52.3 Å². The Hall–Kier alpha value is -2.58. The minimum absolute atomic E-state index is 0.0343. The van der Waals surface area contributed by atoms with E-state index < -0.39 is 61.0 Å². The molecule has 15 heteroatoms. The van der Waals surface area contributed by atoms with Crippen molar-refractivity contribution in [1.29, 1.82) is 0 Å². The molecule has 1 aliphatic rings. The van der Waals surface area contributed by atoms with Crippen molar-refractivity contribution in [3.05, 3.63) is 52.8 Å². The molecule has 0 radical (unpaired) electrons. The van der Waals surface area contributed by atoms with Crippen molar-refractivity contribution in [3.63, 3.8) is 0 Å². The summed E-state index contributed by atoms with van der Waals surface area (Å²) in [6.45, 7) is 4.58. The van der Waals surface area contributed by atoms with Crippen molar-refractivity contribution in [2.75, 3.05) is 22.4 Å². The lowest BCUT2D eigenvalue weighted by atomic mass is 10.1. The van der Waals surface area contributed by atoms with E-state index in [4.69, 9.17) is 16.3 Å². The van der Waals surface area contributed by atoms with Crippen LogP contribution in [-0.4, -0.2) is 58.7 Å². The van der Waals surface area contributed by atoms with Crippen LogP contribution in [0.3, 0.4) is 0 Å². The zero-order valence-corrected chi connectivity index (χ0v) is 25.1. The van der Waals surface area contributed by atoms with Crippen LogP contribution in [0.5, 0.6) is 5.75 Å². The molecule has 1 atom stereocenters. The summed E-state index contributed by atoms with van der Waals surface area (Å²) >= 11 is 5.82. The van der Waals surface area contributed by atoms with Gasteiger partial charge in [-0.25, -0.2) is 21.2 Å². The molecule has 3 rings (SSSR count). The molecule has 8 nitrogen and oxygen atoms in total. The van der Waals surface area contributed by atoms with E-state index in [1.54, 1.807) is 13.8 Å². The molecule has 0 aromatic heterocycles. The molecule has 2 aromatic rings. The maximum atomic E-state index is 13.8. The molecule has 0 aliphatic carbocycles. The Morgan fingerprint density at radius 3 is 2.37 bits per heavy atom. The molecule has 0 saturated heterocycles. The topological polar surface area (TPSA) is 107 Å². The molecule has 0 fully saturated rings. The highest BCUT2D eigenvalue weighted by molar-refractivity contribution is 7.93. The van der Waals surface area contributed by atoms with Crippen molar-refractivity contribution in [3.8, 4) is 5.75 Å². The number of rotatable bonds is 10. The van der Waals surface area contributed by atoms with Gasteiger partial charge in [0.1, 0.15) is 17.7 Å². The smallest absolute Gasteiger partial charge is 0.427 e. The van der Waals surface area contributed by atoms with E-state index in [9.17, 15) is 39.2 Å². The number of benzene rings is 2. The average molecular weight is 644 g/mol. The van der Waals surface area contributed by atoms with E-state index in [1.807, 2.05) is 0 Å². The van der Waals surface area contributed by atoms with Crippen LogP contribution in [0.4, 0.5) is 23.2 Å².